The third-order valence-corrected chi connectivity index (χ3v) is 4.75. The molecular formula is C21H30N6O8. The Morgan fingerprint density at radius 3 is 1.83 bits per heavy atom. The number of nitrogens with one attached hydrogen (secondary N) is 3. The first-order valence-corrected chi connectivity index (χ1v) is 10.5. The van der Waals surface area contributed by atoms with E-state index in [1.807, 2.05) is 0 Å². The smallest absolute Gasteiger partial charge is 0.326 e. The molecule has 4 unspecified atom stereocenters. The lowest BCUT2D eigenvalue weighted by Crippen LogP contribution is -2.57. The summed E-state index contributed by atoms with van der Waals surface area (Å²) in [5.74, 6) is -5.79. The number of carbonyl (C=O) groups is 6. The van der Waals surface area contributed by atoms with Crippen LogP contribution in [0.4, 0.5) is 0 Å². The van der Waals surface area contributed by atoms with Crippen molar-refractivity contribution in [1.82, 2.24) is 16.0 Å². The largest absolute Gasteiger partial charge is 0.508 e. The maximum atomic E-state index is 12.8. The second kappa shape index (κ2) is 13.5. The van der Waals surface area contributed by atoms with Crippen molar-refractivity contribution >= 4 is 35.5 Å². The van der Waals surface area contributed by atoms with Crippen LogP contribution in [-0.4, -0.2) is 69.9 Å². The zero-order valence-electron chi connectivity index (χ0n) is 19.0. The number of nitrogens with two attached hydrogens (primary N) is 3. The summed E-state index contributed by atoms with van der Waals surface area (Å²) in [6.45, 7) is 1.35. The van der Waals surface area contributed by atoms with Crippen molar-refractivity contribution < 1.29 is 39.0 Å². The van der Waals surface area contributed by atoms with Gasteiger partial charge in [0.1, 0.15) is 23.9 Å². The number of benzene rings is 1. The Balaban J connectivity index is 3.04. The lowest BCUT2D eigenvalue weighted by Gasteiger charge is -2.24. The van der Waals surface area contributed by atoms with Crippen LogP contribution in [0.3, 0.4) is 0 Å². The number of carboxylic acid groups (broad SMARTS) is 1. The van der Waals surface area contributed by atoms with Crippen LogP contribution < -0.4 is 33.2 Å². The van der Waals surface area contributed by atoms with Gasteiger partial charge in [-0.1, -0.05) is 12.1 Å². The molecule has 0 radical (unpaired) electrons. The van der Waals surface area contributed by atoms with Crippen molar-refractivity contribution in [3.05, 3.63) is 29.8 Å². The molecule has 1 aromatic rings. The van der Waals surface area contributed by atoms with Gasteiger partial charge in [0.2, 0.25) is 29.5 Å². The van der Waals surface area contributed by atoms with Gasteiger partial charge in [-0.3, -0.25) is 24.0 Å². The molecule has 0 aromatic heterocycles. The fourth-order valence-electron chi connectivity index (χ4n) is 2.88. The van der Waals surface area contributed by atoms with Crippen molar-refractivity contribution in [3.8, 4) is 5.75 Å². The topological polar surface area (TPSA) is 257 Å². The van der Waals surface area contributed by atoms with E-state index in [9.17, 15) is 39.0 Å². The maximum Gasteiger partial charge on any atom is 0.326 e. The minimum atomic E-state index is -1.47. The number of primary amides is 2. The molecule has 0 saturated carbocycles. The van der Waals surface area contributed by atoms with E-state index < -0.39 is 66.1 Å². The Hall–Kier alpha value is -4.20. The van der Waals surface area contributed by atoms with Crippen LogP contribution in [0.5, 0.6) is 5.75 Å². The number of aliphatic carboxylic acids is 1. The van der Waals surface area contributed by atoms with E-state index in [0.29, 0.717) is 5.56 Å². The van der Waals surface area contributed by atoms with Gasteiger partial charge >= 0.3 is 5.97 Å². The van der Waals surface area contributed by atoms with Gasteiger partial charge in [0.25, 0.3) is 0 Å². The van der Waals surface area contributed by atoms with E-state index in [-0.39, 0.29) is 25.0 Å². The number of amides is 5. The number of phenols is 1. The second-order valence-electron chi connectivity index (χ2n) is 7.86. The summed E-state index contributed by atoms with van der Waals surface area (Å²) < 4.78 is 0. The van der Waals surface area contributed by atoms with E-state index in [2.05, 4.69) is 16.0 Å². The van der Waals surface area contributed by atoms with Gasteiger partial charge in [-0.15, -0.1) is 0 Å². The molecular weight excluding hydrogens is 464 g/mol. The quantitative estimate of drug-likeness (QED) is 0.130. The first-order chi connectivity index (χ1) is 16.3. The summed E-state index contributed by atoms with van der Waals surface area (Å²) in [7, 11) is 0. The monoisotopic (exact) mass is 494 g/mol. The van der Waals surface area contributed by atoms with Crippen molar-refractivity contribution in [2.24, 2.45) is 17.2 Å². The summed E-state index contributed by atoms with van der Waals surface area (Å²) in [5.41, 5.74) is 16.2. The zero-order chi connectivity index (χ0) is 26.7. The van der Waals surface area contributed by atoms with E-state index in [1.54, 1.807) is 0 Å². The predicted octanol–water partition coefficient (Wildman–Crippen LogP) is -3.04. The molecule has 0 aliphatic carbocycles. The van der Waals surface area contributed by atoms with Crippen LogP contribution in [0.15, 0.2) is 24.3 Å². The molecule has 0 bridgehead atoms. The first-order valence-electron chi connectivity index (χ1n) is 10.5. The van der Waals surface area contributed by atoms with Crippen molar-refractivity contribution in [2.45, 2.75) is 56.8 Å². The Kier molecular flexibility index (Phi) is 11.1. The number of phenolic OH excluding ortho intramolecular Hbond substituents is 1. The molecule has 4 atom stereocenters. The SMILES string of the molecule is CC(N)C(=O)NC(CC(N)=O)C(=O)NC(CCC(N)=O)C(=O)NC(Cc1ccc(O)cc1)C(=O)O. The minimum absolute atomic E-state index is 0.0273. The van der Waals surface area contributed by atoms with Crippen LogP contribution in [-0.2, 0) is 35.2 Å². The van der Waals surface area contributed by atoms with E-state index in [4.69, 9.17) is 17.2 Å². The fraction of sp³-hybridized carbons (Fsp3) is 0.429. The number of hydrogen-bond donors (Lipinski definition) is 8. The Labute approximate surface area is 200 Å². The molecule has 0 spiro atoms. The minimum Gasteiger partial charge on any atom is -0.508 e. The molecule has 0 aliphatic heterocycles. The van der Waals surface area contributed by atoms with Crippen molar-refractivity contribution in [1.29, 1.82) is 0 Å². The molecule has 5 amide bonds. The van der Waals surface area contributed by atoms with Crippen LogP contribution in [0.1, 0.15) is 31.7 Å². The third kappa shape index (κ3) is 10.5. The average molecular weight is 495 g/mol. The number of hydrogen-bond acceptors (Lipinski definition) is 8. The van der Waals surface area contributed by atoms with Crippen LogP contribution in [0.2, 0.25) is 0 Å². The summed E-state index contributed by atoms with van der Waals surface area (Å²) in [6, 6.07) is 0.311. The van der Waals surface area contributed by atoms with Crippen molar-refractivity contribution in [2.75, 3.05) is 0 Å². The molecule has 0 heterocycles. The summed E-state index contributed by atoms with van der Waals surface area (Å²) in [4.78, 5) is 71.8. The summed E-state index contributed by atoms with van der Waals surface area (Å²) >= 11 is 0. The number of aromatic hydroxyl groups is 1. The molecule has 0 fully saturated rings. The van der Waals surface area contributed by atoms with Gasteiger partial charge in [-0.25, -0.2) is 4.79 Å². The Morgan fingerprint density at radius 2 is 1.34 bits per heavy atom. The lowest BCUT2D eigenvalue weighted by atomic mass is 10.0. The second-order valence-corrected chi connectivity index (χ2v) is 7.86. The molecule has 11 N–H and O–H groups in total. The summed E-state index contributed by atoms with van der Waals surface area (Å²) in [5, 5.41) is 25.7. The van der Waals surface area contributed by atoms with Gasteiger partial charge in [0.15, 0.2) is 0 Å². The highest BCUT2D eigenvalue weighted by Gasteiger charge is 2.31. The molecule has 14 heteroatoms. The highest BCUT2D eigenvalue weighted by atomic mass is 16.4. The van der Waals surface area contributed by atoms with Gasteiger partial charge < -0.3 is 43.4 Å². The Morgan fingerprint density at radius 1 is 0.829 bits per heavy atom. The van der Waals surface area contributed by atoms with Crippen molar-refractivity contribution in [3.63, 3.8) is 0 Å². The molecule has 0 saturated heterocycles. The maximum absolute atomic E-state index is 12.8. The zero-order valence-corrected chi connectivity index (χ0v) is 19.0. The normalized spacial score (nSPS) is 14.0. The molecule has 1 aromatic carbocycles. The van der Waals surface area contributed by atoms with Gasteiger partial charge in [0.05, 0.1) is 12.5 Å². The first kappa shape index (κ1) is 28.8. The molecule has 0 aliphatic rings. The van der Waals surface area contributed by atoms with E-state index in [0.717, 1.165) is 0 Å². The lowest BCUT2D eigenvalue weighted by molar-refractivity contribution is -0.142. The fourth-order valence-corrected chi connectivity index (χ4v) is 2.88. The van der Waals surface area contributed by atoms with Gasteiger partial charge in [-0.05, 0) is 31.0 Å². The van der Waals surface area contributed by atoms with Gasteiger partial charge in [-0.2, -0.15) is 0 Å². The predicted molar refractivity (Wildman–Crippen MR) is 121 cm³/mol. The Bertz CT molecular complexity index is 950. The molecule has 1 rings (SSSR count). The molecule has 35 heavy (non-hydrogen) atoms. The van der Waals surface area contributed by atoms with E-state index in [1.165, 1.54) is 31.2 Å². The van der Waals surface area contributed by atoms with Crippen LogP contribution in [0, 0.1) is 0 Å². The van der Waals surface area contributed by atoms with Crippen LogP contribution >= 0.6 is 0 Å². The highest BCUT2D eigenvalue weighted by Crippen LogP contribution is 2.12. The van der Waals surface area contributed by atoms with E-state index >= 15 is 0 Å². The number of carbonyl (C=O) groups excluding carboxylic acids is 5. The number of carboxylic acids is 1. The highest BCUT2D eigenvalue weighted by molar-refractivity contribution is 5.96. The van der Waals surface area contributed by atoms with Crippen LogP contribution in [0.25, 0.3) is 0 Å². The summed E-state index contributed by atoms with van der Waals surface area (Å²) in [6.07, 6.45) is -1.37. The number of rotatable bonds is 14. The average Bonchev–Trinajstić information content (AvgIpc) is 2.76. The van der Waals surface area contributed by atoms with Gasteiger partial charge in [0, 0.05) is 12.8 Å². The standard InChI is InChI=1S/C21H30N6O8/c1-10(22)18(31)26-14(9-17(24)30)20(33)25-13(6-7-16(23)29)19(32)27-15(21(34)35)8-11-2-4-12(28)5-3-11/h2-5,10,13-15,28H,6-9,22H2,1H3,(H2,23,29)(H2,24,30)(H,25,33)(H,26,31)(H,27,32)(H,34,35). The third-order valence-electron chi connectivity index (χ3n) is 4.75. The molecule has 14 nitrogen and oxygen atoms in total. The molecule has 192 valence electrons.